The van der Waals surface area contributed by atoms with Crippen LogP contribution in [-0.4, -0.2) is 21.8 Å². The monoisotopic (exact) mass is 198 g/mol. The number of nitrogens with zero attached hydrogens (tertiary/aromatic N) is 3. The van der Waals surface area contributed by atoms with Crippen molar-refractivity contribution < 1.29 is 0 Å². The Balaban J connectivity index is 0. The third-order valence-electron chi connectivity index (χ3n) is 1.14. The van der Waals surface area contributed by atoms with E-state index in [1.54, 1.807) is 6.33 Å². The summed E-state index contributed by atoms with van der Waals surface area (Å²) >= 11 is 0. The van der Waals surface area contributed by atoms with Crippen LogP contribution in [0.15, 0.2) is 6.33 Å². The van der Waals surface area contributed by atoms with Gasteiger partial charge in [-0.25, -0.2) is 0 Å². The van der Waals surface area contributed by atoms with Crippen LogP contribution in [0, 0.1) is 0 Å². The van der Waals surface area contributed by atoms with Gasteiger partial charge in [-0.1, -0.05) is 0 Å². The van der Waals surface area contributed by atoms with Crippen LogP contribution in [0.2, 0.25) is 0 Å². The SMILES string of the molecule is CNCc1nncn1C.Cl.Cl. The lowest BCUT2D eigenvalue weighted by Gasteiger charge is -1.95. The second-order valence-electron chi connectivity index (χ2n) is 1.89. The largest absolute Gasteiger partial charge is 0.320 e. The fourth-order valence-electron chi connectivity index (χ4n) is 0.625. The fourth-order valence-corrected chi connectivity index (χ4v) is 0.625. The predicted octanol–water partition coefficient (Wildman–Crippen LogP) is 0.378. The van der Waals surface area contributed by atoms with Crippen molar-refractivity contribution in [1.29, 1.82) is 0 Å². The molecule has 4 nitrogen and oxygen atoms in total. The topological polar surface area (TPSA) is 42.7 Å². The van der Waals surface area contributed by atoms with Crippen molar-refractivity contribution in [3.63, 3.8) is 0 Å². The zero-order valence-electron chi connectivity index (χ0n) is 6.44. The van der Waals surface area contributed by atoms with Crippen LogP contribution in [0.25, 0.3) is 0 Å². The van der Waals surface area contributed by atoms with Gasteiger partial charge >= 0.3 is 0 Å². The van der Waals surface area contributed by atoms with E-state index in [2.05, 4.69) is 15.5 Å². The summed E-state index contributed by atoms with van der Waals surface area (Å²) in [6.07, 6.45) is 1.69. The van der Waals surface area contributed by atoms with Gasteiger partial charge < -0.3 is 9.88 Å². The summed E-state index contributed by atoms with van der Waals surface area (Å²) in [5.74, 6) is 0.956. The van der Waals surface area contributed by atoms with Gasteiger partial charge in [-0.15, -0.1) is 35.0 Å². The molecule has 0 amide bonds. The van der Waals surface area contributed by atoms with E-state index in [0.717, 1.165) is 12.4 Å². The van der Waals surface area contributed by atoms with Crippen molar-refractivity contribution in [3.05, 3.63) is 12.2 Å². The molecule has 1 aromatic rings. The molecule has 1 rings (SSSR count). The molecular formula is C5H12Cl2N4. The van der Waals surface area contributed by atoms with Crippen molar-refractivity contribution in [2.75, 3.05) is 7.05 Å². The molecule has 0 saturated heterocycles. The summed E-state index contributed by atoms with van der Waals surface area (Å²) in [5, 5.41) is 10.6. The Morgan fingerprint density at radius 3 is 2.55 bits per heavy atom. The quantitative estimate of drug-likeness (QED) is 0.748. The average molecular weight is 199 g/mol. The van der Waals surface area contributed by atoms with E-state index in [-0.39, 0.29) is 24.8 Å². The van der Waals surface area contributed by atoms with Crippen LogP contribution in [0.3, 0.4) is 0 Å². The third kappa shape index (κ3) is 3.55. The highest BCUT2D eigenvalue weighted by molar-refractivity contribution is 5.85. The van der Waals surface area contributed by atoms with E-state index >= 15 is 0 Å². The Morgan fingerprint density at radius 1 is 1.55 bits per heavy atom. The molecule has 66 valence electrons. The number of rotatable bonds is 2. The van der Waals surface area contributed by atoms with Gasteiger partial charge in [-0.2, -0.15) is 0 Å². The van der Waals surface area contributed by atoms with Gasteiger partial charge in [0.1, 0.15) is 12.2 Å². The lowest BCUT2D eigenvalue weighted by molar-refractivity contribution is 0.707. The van der Waals surface area contributed by atoms with Crippen LogP contribution in [-0.2, 0) is 13.6 Å². The third-order valence-corrected chi connectivity index (χ3v) is 1.14. The first-order chi connectivity index (χ1) is 4.34. The molecule has 0 aromatic carbocycles. The van der Waals surface area contributed by atoms with Crippen LogP contribution in [0.5, 0.6) is 0 Å². The number of aryl methyl sites for hydroxylation is 1. The number of hydrogen-bond donors (Lipinski definition) is 1. The van der Waals surface area contributed by atoms with Gasteiger partial charge in [0.25, 0.3) is 0 Å². The Morgan fingerprint density at radius 2 is 2.18 bits per heavy atom. The van der Waals surface area contributed by atoms with Gasteiger partial charge in [-0.3, -0.25) is 0 Å². The molecule has 0 saturated carbocycles. The smallest absolute Gasteiger partial charge is 0.146 e. The molecular weight excluding hydrogens is 187 g/mol. The first kappa shape index (κ1) is 13.3. The highest BCUT2D eigenvalue weighted by Gasteiger charge is 1.94. The molecule has 0 aliphatic rings. The van der Waals surface area contributed by atoms with E-state index in [4.69, 9.17) is 0 Å². The maximum absolute atomic E-state index is 3.86. The van der Waals surface area contributed by atoms with Crippen molar-refractivity contribution in [3.8, 4) is 0 Å². The molecule has 1 heterocycles. The molecule has 0 atom stereocenters. The fraction of sp³-hybridized carbons (Fsp3) is 0.600. The molecule has 0 unspecified atom stereocenters. The van der Waals surface area contributed by atoms with E-state index in [9.17, 15) is 0 Å². The summed E-state index contributed by atoms with van der Waals surface area (Å²) < 4.78 is 1.89. The molecule has 11 heavy (non-hydrogen) atoms. The van der Waals surface area contributed by atoms with Crippen molar-refractivity contribution in [2.24, 2.45) is 7.05 Å². The van der Waals surface area contributed by atoms with Gasteiger partial charge in [0.15, 0.2) is 0 Å². The lowest BCUT2D eigenvalue weighted by atomic mass is 10.6. The van der Waals surface area contributed by atoms with Crippen LogP contribution in [0.4, 0.5) is 0 Å². The molecule has 0 spiro atoms. The minimum Gasteiger partial charge on any atom is -0.320 e. The summed E-state index contributed by atoms with van der Waals surface area (Å²) in [5.41, 5.74) is 0. The van der Waals surface area contributed by atoms with Gasteiger partial charge in [0.2, 0.25) is 0 Å². The van der Waals surface area contributed by atoms with E-state index in [0.29, 0.717) is 0 Å². The molecule has 0 aliphatic carbocycles. The normalized spacial score (nSPS) is 8.18. The van der Waals surface area contributed by atoms with Crippen molar-refractivity contribution >= 4 is 24.8 Å². The van der Waals surface area contributed by atoms with E-state index in [1.165, 1.54) is 0 Å². The maximum Gasteiger partial charge on any atom is 0.146 e. The van der Waals surface area contributed by atoms with Crippen LogP contribution in [0.1, 0.15) is 5.82 Å². The number of nitrogens with one attached hydrogen (secondary N) is 1. The molecule has 0 aliphatic heterocycles. The molecule has 6 heteroatoms. The number of aromatic nitrogens is 3. The standard InChI is InChI=1S/C5H10N4.2ClH/c1-6-3-5-8-7-4-9(5)2;;/h4,6H,3H2,1-2H3;2*1H. The first-order valence-corrected chi connectivity index (χ1v) is 2.82. The molecule has 0 fully saturated rings. The summed E-state index contributed by atoms with van der Waals surface area (Å²) in [6.45, 7) is 0.774. The second kappa shape index (κ2) is 6.39. The van der Waals surface area contributed by atoms with Gasteiger partial charge in [-0.05, 0) is 7.05 Å². The Hall–Kier alpha value is -0.320. The Kier molecular flexibility index (Phi) is 7.72. The molecule has 0 bridgehead atoms. The second-order valence-corrected chi connectivity index (χ2v) is 1.89. The van der Waals surface area contributed by atoms with Gasteiger partial charge in [0, 0.05) is 7.05 Å². The number of halogens is 2. The first-order valence-electron chi connectivity index (χ1n) is 2.82. The van der Waals surface area contributed by atoms with Crippen LogP contribution >= 0.6 is 24.8 Å². The van der Waals surface area contributed by atoms with Gasteiger partial charge in [0.05, 0.1) is 6.54 Å². The molecule has 1 aromatic heterocycles. The minimum absolute atomic E-state index is 0. The Bertz CT molecular complexity index is 188. The predicted molar refractivity (Wildman–Crippen MR) is 48.3 cm³/mol. The number of hydrogen-bond acceptors (Lipinski definition) is 3. The van der Waals surface area contributed by atoms with Crippen molar-refractivity contribution in [1.82, 2.24) is 20.1 Å². The minimum atomic E-state index is 0. The molecule has 1 N–H and O–H groups in total. The zero-order valence-corrected chi connectivity index (χ0v) is 8.08. The summed E-state index contributed by atoms with van der Waals surface area (Å²) in [4.78, 5) is 0. The summed E-state index contributed by atoms with van der Waals surface area (Å²) in [6, 6.07) is 0. The average Bonchev–Trinajstić information content (AvgIpc) is 2.18. The maximum atomic E-state index is 3.86. The highest BCUT2D eigenvalue weighted by Crippen LogP contribution is 1.87. The summed E-state index contributed by atoms with van der Waals surface area (Å²) in [7, 11) is 3.81. The molecule has 0 radical (unpaired) electrons. The lowest BCUT2D eigenvalue weighted by Crippen LogP contribution is -2.09. The Labute approximate surface area is 78.2 Å². The highest BCUT2D eigenvalue weighted by atomic mass is 35.5. The zero-order chi connectivity index (χ0) is 6.69. The van der Waals surface area contributed by atoms with Crippen LogP contribution < -0.4 is 5.32 Å². The van der Waals surface area contributed by atoms with Crippen molar-refractivity contribution in [2.45, 2.75) is 6.54 Å². The van der Waals surface area contributed by atoms with E-state index < -0.39 is 0 Å². The van der Waals surface area contributed by atoms with E-state index in [1.807, 2.05) is 18.7 Å².